The van der Waals surface area contributed by atoms with Crippen molar-refractivity contribution < 1.29 is 23.9 Å². The second kappa shape index (κ2) is 6.77. The van der Waals surface area contributed by atoms with Crippen LogP contribution in [0.3, 0.4) is 0 Å². The first-order valence-electron chi connectivity index (χ1n) is 7.51. The van der Waals surface area contributed by atoms with Crippen LogP contribution in [0.5, 0.6) is 0 Å². The van der Waals surface area contributed by atoms with Crippen LogP contribution in [-0.2, 0) is 14.3 Å². The zero-order valence-corrected chi connectivity index (χ0v) is 13.2. The molecule has 0 atom stereocenters. The predicted octanol–water partition coefficient (Wildman–Crippen LogP) is 2.33. The van der Waals surface area contributed by atoms with Crippen molar-refractivity contribution in [2.75, 3.05) is 13.2 Å². The van der Waals surface area contributed by atoms with Crippen LogP contribution in [-0.4, -0.2) is 35.9 Å². The van der Waals surface area contributed by atoms with Crippen molar-refractivity contribution in [3.8, 4) is 0 Å². The number of nitrogens with one attached hydrogen (secondary N) is 1. The van der Waals surface area contributed by atoms with Crippen molar-refractivity contribution in [1.82, 2.24) is 4.98 Å². The summed E-state index contributed by atoms with van der Waals surface area (Å²) >= 11 is 0. The van der Waals surface area contributed by atoms with Crippen LogP contribution in [0.4, 0.5) is 0 Å². The number of ether oxygens (including phenoxy) is 2. The summed E-state index contributed by atoms with van der Waals surface area (Å²) in [5, 5.41) is 0. The first kappa shape index (κ1) is 16.3. The summed E-state index contributed by atoms with van der Waals surface area (Å²) in [5.74, 6) is -1.17. The minimum atomic E-state index is -0.492. The molecular weight excluding hydrogens is 286 g/mol. The van der Waals surface area contributed by atoms with Crippen molar-refractivity contribution in [2.45, 2.75) is 40.0 Å². The molecule has 2 rings (SSSR count). The Bertz CT molecular complexity index is 598. The molecule has 0 aromatic carbocycles. The number of esters is 2. The lowest BCUT2D eigenvalue weighted by molar-refractivity contribution is -0.150. The number of Topliss-reactive ketones (excluding diaryl/α,β-unsaturated/α-hetero) is 1. The number of ketones is 1. The third-order valence-corrected chi connectivity index (χ3v) is 3.98. The van der Waals surface area contributed by atoms with Gasteiger partial charge in [0.05, 0.1) is 12.5 Å². The van der Waals surface area contributed by atoms with Gasteiger partial charge in [-0.2, -0.15) is 0 Å². The fourth-order valence-electron chi connectivity index (χ4n) is 2.55. The Labute approximate surface area is 129 Å². The molecule has 1 N–H and O–H groups in total. The fourth-order valence-corrected chi connectivity index (χ4v) is 2.55. The lowest BCUT2D eigenvalue weighted by atomic mass is 9.86. The molecule has 120 valence electrons. The van der Waals surface area contributed by atoms with Gasteiger partial charge in [0.1, 0.15) is 5.69 Å². The predicted molar refractivity (Wildman–Crippen MR) is 78.9 cm³/mol. The van der Waals surface area contributed by atoms with Crippen LogP contribution in [0.1, 0.15) is 58.3 Å². The van der Waals surface area contributed by atoms with Gasteiger partial charge in [-0.05, 0) is 39.2 Å². The van der Waals surface area contributed by atoms with Crippen LogP contribution >= 0.6 is 0 Å². The molecule has 1 aromatic rings. The Morgan fingerprint density at radius 3 is 2.41 bits per heavy atom. The van der Waals surface area contributed by atoms with Gasteiger partial charge in [-0.3, -0.25) is 9.59 Å². The maximum absolute atomic E-state index is 12.3. The molecule has 1 saturated carbocycles. The maximum Gasteiger partial charge on any atom is 0.355 e. The Kier molecular flexibility index (Phi) is 5.00. The summed E-state index contributed by atoms with van der Waals surface area (Å²) in [6.07, 6.45) is 2.71. The Morgan fingerprint density at radius 1 is 1.18 bits per heavy atom. The SMILES string of the molecule is CCOC(=O)c1[nH]c(C)c(C(=O)COC(=O)C2CCC2)c1C. The standard InChI is InChI=1S/C16H21NO5/c1-4-21-16(20)14-9(2)13(10(3)17-14)12(18)8-22-15(19)11-6-5-7-11/h11,17H,4-8H2,1-3H3. The normalized spacial score (nSPS) is 14.3. The number of rotatable bonds is 6. The van der Waals surface area contributed by atoms with E-state index in [1.807, 2.05) is 0 Å². The lowest BCUT2D eigenvalue weighted by Crippen LogP contribution is -2.26. The van der Waals surface area contributed by atoms with Gasteiger partial charge in [0.15, 0.2) is 6.61 Å². The third kappa shape index (κ3) is 3.21. The molecule has 0 spiro atoms. The van der Waals surface area contributed by atoms with Crippen LogP contribution in [0.15, 0.2) is 0 Å². The molecular formula is C16H21NO5. The summed E-state index contributed by atoms with van der Waals surface area (Å²) in [6.45, 7) is 5.07. The number of hydrogen-bond donors (Lipinski definition) is 1. The molecule has 0 saturated heterocycles. The molecule has 1 aromatic heterocycles. The van der Waals surface area contributed by atoms with E-state index in [0.717, 1.165) is 19.3 Å². The molecule has 1 heterocycles. The molecule has 0 radical (unpaired) electrons. The van der Waals surface area contributed by atoms with Crippen molar-refractivity contribution in [3.05, 3.63) is 22.5 Å². The smallest absolute Gasteiger partial charge is 0.355 e. The van der Waals surface area contributed by atoms with Gasteiger partial charge in [-0.25, -0.2) is 4.79 Å². The van der Waals surface area contributed by atoms with E-state index in [1.165, 1.54) is 0 Å². The van der Waals surface area contributed by atoms with Gasteiger partial charge in [-0.15, -0.1) is 0 Å². The second-order valence-electron chi connectivity index (χ2n) is 5.50. The van der Waals surface area contributed by atoms with E-state index in [-0.39, 0.29) is 36.6 Å². The van der Waals surface area contributed by atoms with E-state index in [4.69, 9.17) is 9.47 Å². The van der Waals surface area contributed by atoms with Gasteiger partial charge in [0.2, 0.25) is 5.78 Å². The van der Waals surface area contributed by atoms with Crippen molar-refractivity contribution in [3.63, 3.8) is 0 Å². The molecule has 1 fully saturated rings. The molecule has 1 aliphatic carbocycles. The summed E-state index contributed by atoms with van der Waals surface area (Å²) in [4.78, 5) is 38.6. The molecule has 0 bridgehead atoms. The molecule has 0 amide bonds. The van der Waals surface area contributed by atoms with Gasteiger partial charge >= 0.3 is 11.9 Å². The third-order valence-electron chi connectivity index (χ3n) is 3.98. The number of carbonyl (C=O) groups is 3. The average molecular weight is 307 g/mol. The summed E-state index contributed by atoms with van der Waals surface area (Å²) < 4.78 is 10.0. The monoisotopic (exact) mass is 307 g/mol. The van der Waals surface area contributed by atoms with Crippen molar-refractivity contribution in [1.29, 1.82) is 0 Å². The average Bonchev–Trinajstić information content (AvgIpc) is 2.70. The Morgan fingerprint density at radius 2 is 1.86 bits per heavy atom. The quantitative estimate of drug-likeness (QED) is 0.644. The zero-order chi connectivity index (χ0) is 16.3. The van der Waals surface area contributed by atoms with Crippen molar-refractivity contribution in [2.24, 2.45) is 5.92 Å². The number of aromatic nitrogens is 1. The number of hydrogen-bond acceptors (Lipinski definition) is 5. The molecule has 1 aliphatic rings. The van der Waals surface area contributed by atoms with Gasteiger partial charge in [0, 0.05) is 11.3 Å². The van der Waals surface area contributed by atoms with Crippen LogP contribution < -0.4 is 0 Å². The topological polar surface area (TPSA) is 85.5 Å². The minimum absolute atomic E-state index is 0.0590. The highest BCUT2D eigenvalue weighted by Crippen LogP contribution is 2.27. The van der Waals surface area contributed by atoms with Gasteiger partial charge in [-0.1, -0.05) is 6.42 Å². The summed E-state index contributed by atoms with van der Waals surface area (Å²) in [5.41, 5.74) is 1.77. The molecule has 6 nitrogen and oxygen atoms in total. The highest BCUT2D eigenvalue weighted by atomic mass is 16.5. The molecule has 0 unspecified atom stereocenters. The van der Waals surface area contributed by atoms with E-state index in [2.05, 4.69) is 4.98 Å². The van der Waals surface area contributed by atoms with Crippen LogP contribution in [0.25, 0.3) is 0 Å². The van der Waals surface area contributed by atoms with E-state index in [0.29, 0.717) is 16.8 Å². The van der Waals surface area contributed by atoms with E-state index in [1.54, 1.807) is 20.8 Å². The molecule has 6 heteroatoms. The van der Waals surface area contributed by atoms with Crippen molar-refractivity contribution >= 4 is 17.7 Å². The Balaban J connectivity index is 2.05. The highest BCUT2D eigenvalue weighted by molar-refractivity contribution is 6.03. The summed E-state index contributed by atoms with van der Waals surface area (Å²) in [6, 6.07) is 0. The molecule has 0 aliphatic heterocycles. The maximum atomic E-state index is 12.3. The number of carbonyl (C=O) groups excluding carboxylic acids is 3. The molecule has 22 heavy (non-hydrogen) atoms. The highest BCUT2D eigenvalue weighted by Gasteiger charge is 2.28. The second-order valence-corrected chi connectivity index (χ2v) is 5.50. The number of H-pyrrole nitrogens is 1. The first-order chi connectivity index (χ1) is 10.5. The fraction of sp³-hybridized carbons (Fsp3) is 0.562. The Hall–Kier alpha value is -2.11. The van der Waals surface area contributed by atoms with E-state index >= 15 is 0 Å². The lowest BCUT2D eigenvalue weighted by Gasteiger charge is -2.22. The van der Waals surface area contributed by atoms with Gasteiger partial charge in [0.25, 0.3) is 0 Å². The number of aryl methyl sites for hydroxylation is 1. The number of aromatic amines is 1. The largest absolute Gasteiger partial charge is 0.461 e. The minimum Gasteiger partial charge on any atom is -0.461 e. The van der Waals surface area contributed by atoms with Gasteiger partial charge < -0.3 is 14.5 Å². The summed E-state index contributed by atoms with van der Waals surface area (Å²) in [7, 11) is 0. The van der Waals surface area contributed by atoms with Crippen LogP contribution in [0, 0.1) is 19.8 Å². The van der Waals surface area contributed by atoms with E-state index in [9.17, 15) is 14.4 Å². The van der Waals surface area contributed by atoms with E-state index < -0.39 is 5.97 Å². The van der Waals surface area contributed by atoms with Crippen LogP contribution in [0.2, 0.25) is 0 Å². The first-order valence-corrected chi connectivity index (χ1v) is 7.51. The zero-order valence-electron chi connectivity index (χ0n) is 13.2.